The molecule has 0 bridgehead atoms. The molecule has 0 saturated carbocycles. The van der Waals surface area contributed by atoms with Crippen molar-refractivity contribution in [1.29, 1.82) is 0 Å². The van der Waals surface area contributed by atoms with Crippen LogP contribution < -0.4 is 0 Å². The van der Waals surface area contributed by atoms with Gasteiger partial charge in [-0.15, -0.1) is 0 Å². The van der Waals surface area contributed by atoms with E-state index in [-0.39, 0.29) is 6.42 Å². The highest BCUT2D eigenvalue weighted by molar-refractivity contribution is 7.99. The minimum absolute atomic E-state index is 0.109. The molecule has 0 fully saturated rings. The van der Waals surface area contributed by atoms with E-state index in [9.17, 15) is 4.79 Å². The molecular formula is C22H23NO3S. The first-order valence-electron chi connectivity index (χ1n) is 8.90. The van der Waals surface area contributed by atoms with E-state index in [0.717, 1.165) is 17.1 Å². The van der Waals surface area contributed by atoms with Gasteiger partial charge >= 0.3 is 5.97 Å². The zero-order valence-corrected chi connectivity index (χ0v) is 16.1. The number of hydrogen-bond acceptors (Lipinski definition) is 4. The molecule has 0 aliphatic carbocycles. The first kappa shape index (κ1) is 19.3. The first-order chi connectivity index (χ1) is 13.1. The number of carboxylic acids is 1. The van der Waals surface area contributed by atoms with E-state index >= 15 is 0 Å². The van der Waals surface area contributed by atoms with Crippen LogP contribution in [0.1, 0.15) is 23.5 Å². The summed E-state index contributed by atoms with van der Waals surface area (Å²) in [6.07, 6.45) is 0.109. The molecular weight excluding hydrogens is 358 g/mol. The molecule has 3 aromatic rings. The van der Waals surface area contributed by atoms with Crippen LogP contribution in [0.4, 0.5) is 0 Å². The standard InChI is InChI=1S/C22H23NO3S/c1-17-10-11-19(26-17)16-23(13-12-22(24)25)15-18-6-5-9-21(14-18)27-20-7-3-2-4-8-20/h2-11,14H,12-13,15-16H2,1H3,(H,24,25). The molecule has 0 amide bonds. The molecule has 0 aliphatic rings. The lowest BCUT2D eigenvalue weighted by Gasteiger charge is -2.21. The van der Waals surface area contributed by atoms with Crippen molar-refractivity contribution >= 4 is 17.7 Å². The molecule has 0 aliphatic heterocycles. The second kappa shape index (κ2) is 9.44. The zero-order valence-electron chi connectivity index (χ0n) is 15.3. The largest absolute Gasteiger partial charge is 0.481 e. The number of carboxylic acid groups (broad SMARTS) is 1. The van der Waals surface area contributed by atoms with Crippen molar-refractivity contribution in [3.63, 3.8) is 0 Å². The maximum atomic E-state index is 11.0. The van der Waals surface area contributed by atoms with E-state index in [2.05, 4.69) is 35.2 Å². The average molecular weight is 381 g/mol. The Labute approximate surface area is 163 Å². The van der Waals surface area contributed by atoms with E-state index in [1.807, 2.05) is 43.3 Å². The highest BCUT2D eigenvalue weighted by Crippen LogP contribution is 2.28. The summed E-state index contributed by atoms with van der Waals surface area (Å²) in [5.74, 6) is 0.932. The Bertz CT molecular complexity index is 876. The van der Waals surface area contributed by atoms with Crippen molar-refractivity contribution in [2.24, 2.45) is 0 Å². The number of nitrogens with zero attached hydrogens (tertiary/aromatic N) is 1. The lowest BCUT2D eigenvalue weighted by molar-refractivity contribution is -0.137. The van der Waals surface area contributed by atoms with Crippen LogP contribution >= 0.6 is 11.8 Å². The van der Waals surface area contributed by atoms with Crippen LogP contribution in [0, 0.1) is 6.92 Å². The average Bonchev–Trinajstić information content (AvgIpc) is 3.06. The number of carbonyl (C=O) groups is 1. The molecule has 0 atom stereocenters. The van der Waals surface area contributed by atoms with Crippen LogP contribution in [0.15, 0.2) is 80.9 Å². The maximum absolute atomic E-state index is 11.0. The Morgan fingerprint density at radius 3 is 2.48 bits per heavy atom. The van der Waals surface area contributed by atoms with Gasteiger partial charge in [0.25, 0.3) is 0 Å². The van der Waals surface area contributed by atoms with Crippen molar-refractivity contribution in [3.05, 3.63) is 83.8 Å². The van der Waals surface area contributed by atoms with Gasteiger partial charge in [-0.25, -0.2) is 0 Å². The number of furan rings is 1. The molecule has 0 radical (unpaired) electrons. The molecule has 140 valence electrons. The smallest absolute Gasteiger partial charge is 0.304 e. The van der Waals surface area contributed by atoms with Crippen molar-refractivity contribution in [2.75, 3.05) is 6.54 Å². The third kappa shape index (κ3) is 6.31. The summed E-state index contributed by atoms with van der Waals surface area (Å²) < 4.78 is 5.67. The van der Waals surface area contributed by atoms with E-state index in [4.69, 9.17) is 9.52 Å². The number of aryl methyl sites for hydroxylation is 1. The minimum atomic E-state index is -0.788. The molecule has 1 aromatic heterocycles. The molecule has 0 spiro atoms. The van der Waals surface area contributed by atoms with E-state index < -0.39 is 5.97 Å². The van der Waals surface area contributed by atoms with Gasteiger partial charge in [-0.2, -0.15) is 0 Å². The minimum Gasteiger partial charge on any atom is -0.481 e. The van der Waals surface area contributed by atoms with Crippen molar-refractivity contribution in [1.82, 2.24) is 4.90 Å². The molecule has 2 aromatic carbocycles. The molecule has 0 unspecified atom stereocenters. The molecule has 1 N–H and O–H groups in total. The van der Waals surface area contributed by atoms with Gasteiger partial charge in [0.15, 0.2) is 0 Å². The van der Waals surface area contributed by atoms with Gasteiger partial charge in [0.1, 0.15) is 11.5 Å². The third-order valence-electron chi connectivity index (χ3n) is 4.10. The van der Waals surface area contributed by atoms with Crippen LogP contribution in [0.25, 0.3) is 0 Å². The topological polar surface area (TPSA) is 53.7 Å². The Kier molecular flexibility index (Phi) is 6.74. The van der Waals surface area contributed by atoms with E-state index in [1.165, 1.54) is 9.79 Å². The molecule has 27 heavy (non-hydrogen) atoms. The molecule has 3 rings (SSSR count). The maximum Gasteiger partial charge on any atom is 0.304 e. The quantitative estimate of drug-likeness (QED) is 0.551. The summed E-state index contributed by atoms with van der Waals surface area (Å²) >= 11 is 1.72. The number of hydrogen-bond donors (Lipinski definition) is 1. The highest BCUT2D eigenvalue weighted by atomic mass is 32.2. The fourth-order valence-corrected chi connectivity index (χ4v) is 3.77. The van der Waals surface area contributed by atoms with Crippen LogP contribution in [0.3, 0.4) is 0 Å². The van der Waals surface area contributed by atoms with Gasteiger partial charge in [0.2, 0.25) is 0 Å². The number of rotatable bonds is 9. The monoisotopic (exact) mass is 381 g/mol. The highest BCUT2D eigenvalue weighted by Gasteiger charge is 2.12. The summed E-state index contributed by atoms with van der Waals surface area (Å²) in [4.78, 5) is 15.5. The first-order valence-corrected chi connectivity index (χ1v) is 9.71. The Hall–Kier alpha value is -2.50. The summed E-state index contributed by atoms with van der Waals surface area (Å²) in [6, 6.07) is 22.5. The summed E-state index contributed by atoms with van der Waals surface area (Å²) in [6.45, 7) is 3.66. The molecule has 5 heteroatoms. The Balaban J connectivity index is 1.70. The number of aliphatic carboxylic acids is 1. The van der Waals surface area contributed by atoms with Gasteiger partial charge in [0, 0.05) is 22.9 Å². The summed E-state index contributed by atoms with van der Waals surface area (Å²) in [5.41, 5.74) is 1.16. The Morgan fingerprint density at radius 1 is 1.00 bits per heavy atom. The van der Waals surface area contributed by atoms with Crippen LogP contribution in [-0.2, 0) is 17.9 Å². The normalized spacial score (nSPS) is 11.0. The molecule has 4 nitrogen and oxygen atoms in total. The predicted octanol–water partition coefficient (Wildman–Crippen LogP) is 5.22. The lowest BCUT2D eigenvalue weighted by Crippen LogP contribution is -2.25. The number of benzene rings is 2. The van der Waals surface area contributed by atoms with Gasteiger partial charge < -0.3 is 9.52 Å². The van der Waals surface area contributed by atoms with Crippen molar-refractivity contribution < 1.29 is 14.3 Å². The second-order valence-corrected chi connectivity index (χ2v) is 7.58. The van der Waals surface area contributed by atoms with Crippen LogP contribution in [0.5, 0.6) is 0 Å². The van der Waals surface area contributed by atoms with E-state index in [0.29, 0.717) is 19.6 Å². The fourth-order valence-electron chi connectivity index (χ4n) is 2.85. The Morgan fingerprint density at radius 2 is 1.78 bits per heavy atom. The lowest BCUT2D eigenvalue weighted by atomic mass is 10.2. The SMILES string of the molecule is Cc1ccc(CN(CCC(=O)O)Cc2cccc(Sc3ccccc3)c2)o1. The van der Waals surface area contributed by atoms with Gasteiger partial charge in [-0.05, 0) is 48.9 Å². The summed E-state index contributed by atoms with van der Waals surface area (Å²) in [5, 5.41) is 9.05. The second-order valence-electron chi connectivity index (χ2n) is 6.43. The van der Waals surface area contributed by atoms with Crippen molar-refractivity contribution in [3.8, 4) is 0 Å². The zero-order chi connectivity index (χ0) is 19.1. The predicted molar refractivity (Wildman–Crippen MR) is 107 cm³/mol. The van der Waals surface area contributed by atoms with Crippen molar-refractivity contribution in [2.45, 2.75) is 36.2 Å². The fraction of sp³-hybridized carbons (Fsp3) is 0.227. The third-order valence-corrected chi connectivity index (χ3v) is 5.10. The molecule has 1 heterocycles. The van der Waals surface area contributed by atoms with Gasteiger partial charge in [-0.3, -0.25) is 9.69 Å². The van der Waals surface area contributed by atoms with Crippen LogP contribution in [0.2, 0.25) is 0 Å². The van der Waals surface area contributed by atoms with Gasteiger partial charge in [-0.1, -0.05) is 42.1 Å². The molecule has 0 saturated heterocycles. The summed E-state index contributed by atoms with van der Waals surface area (Å²) in [7, 11) is 0. The van der Waals surface area contributed by atoms with E-state index in [1.54, 1.807) is 11.8 Å². The van der Waals surface area contributed by atoms with Gasteiger partial charge in [0.05, 0.1) is 13.0 Å². The van der Waals surface area contributed by atoms with Crippen LogP contribution in [-0.4, -0.2) is 22.5 Å².